The number of carbonyl (C=O) groups is 2. The molecule has 0 saturated heterocycles. The number of ketones is 1. The van der Waals surface area contributed by atoms with Gasteiger partial charge >= 0.3 is 13.6 Å². The molecule has 0 radical (unpaired) electrons. The minimum atomic E-state index is -3.55. The van der Waals surface area contributed by atoms with Crippen LogP contribution in [-0.2, 0) is 23.1 Å². The molecule has 0 bridgehead atoms. The fraction of sp³-hybridized carbons (Fsp3) is 0.429. The van der Waals surface area contributed by atoms with E-state index in [0.717, 1.165) is 12.1 Å². The van der Waals surface area contributed by atoms with E-state index in [1.165, 1.54) is 12.1 Å². The number of hydrogen-bond acceptors (Lipinski definition) is 6. The number of esters is 1. The lowest BCUT2D eigenvalue weighted by atomic mass is 10.1. The molecule has 8 heteroatoms. The summed E-state index contributed by atoms with van der Waals surface area (Å²) < 4.78 is 39.5. The summed E-state index contributed by atoms with van der Waals surface area (Å²) in [4.78, 5) is 23.4. The van der Waals surface area contributed by atoms with E-state index >= 15 is 0 Å². The van der Waals surface area contributed by atoms with Crippen molar-refractivity contribution >= 4 is 19.3 Å². The zero-order valence-corrected chi connectivity index (χ0v) is 13.3. The quantitative estimate of drug-likeness (QED) is 0.393. The van der Waals surface area contributed by atoms with E-state index in [9.17, 15) is 18.5 Å². The Morgan fingerprint density at radius 3 is 2.14 bits per heavy atom. The minimum absolute atomic E-state index is 0.124. The van der Waals surface area contributed by atoms with E-state index in [0.29, 0.717) is 0 Å². The lowest BCUT2D eigenvalue weighted by molar-refractivity contribution is -0.139. The second-order valence-electron chi connectivity index (χ2n) is 4.20. The molecule has 0 amide bonds. The van der Waals surface area contributed by atoms with E-state index in [2.05, 4.69) is 0 Å². The molecule has 6 nitrogen and oxygen atoms in total. The summed E-state index contributed by atoms with van der Waals surface area (Å²) in [6, 6.07) is 4.84. The zero-order valence-electron chi connectivity index (χ0n) is 12.4. The summed E-state index contributed by atoms with van der Waals surface area (Å²) in [6.45, 7) is 2.96. The third-order valence-electron chi connectivity index (χ3n) is 2.50. The standard InChI is InChI=1S/C14H18FO6P/c1-3-20-22(18,21-4-2)10-14(17)19-9-13(16)11-5-7-12(15)8-6-11/h5-8H,3-4,9-10H2,1-2H3. The van der Waals surface area contributed by atoms with Crippen molar-refractivity contribution in [2.75, 3.05) is 26.0 Å². The number of halogens is 1. The molecule has 22 heavy (non-hydrogen) atoms. The Kier molecular flexibility index (Phi) is 7.38. The molecule has 0 aliphatic heterocycles. The average Bonchev–Trinajstić information content (AvgIpc) is 2.45. The number of Topliss-reactive ketones (excluding diaryl/α,β-unsaturated/α-hetero) is 1. The molecule has 1 aromatic carbocycles. The molecular weight excluding hydrogens is 314 g/mol. The van der Waals surface area contributed by atoms with Crippen molar-refractivity contribution in [3.8, 4) is 0 Å². The van der Waals surface area contributed by atoms with E-state index in [-0.39, 0.29) is 18.8 Å². The lowest BCUT2D eigenvalue weighted by Gasteiger charge is -2.15. The van der Waals surface area contributed by atoms with Crippen LogP contribution in [0.4, 0.5) is 4.39 Å². The van der Waals surface area contributed by atoms with E-state index < -0.39 is 37.9 Å². The van der Waals surface area contributed by atoms with Gasteiger partial charge in [0.1, 0.15) is 12.0 Å². The summed E-state index contributed by atoms with van der Waals surface area (Å²) in [5, 5.41) is 0. The van der Waals surface area contributed by atoms with Crippen molar-refractivity contribution in [2.24, 2.45) is 0 Å². The Morgan fingerprint density at radius 1 is 1.09 bits per heavy atom. The highest BCUT2D eigenvalue weighted by molar-refractivity contribution is 7.54. The van der Waals surface area contributed by atoms with E-state index in [1.54, 1.807) is 13.8 Å². The molecule has 1 rings (SSSR count). The van der Waals surface area contributed by atoms with Crippen LogP contribution in [0, 0.1) is 5.82 Å². The molecule has 0 atom stereocenters. The molecule has 0 aliphatic rings. The van der Waals surface area contributed by atoms with Crippen LogP contribution >= 0.6 is 7.60 Å². The predicted octanol–water partition coefficient (Wildman–Crippen LogP) is 2.82. The van der Waals surface area contributed by atoms with Crippen LogP contribution in [0.2, 0.25) is 0 Å². The van der Waals surface area contributed by atoms with Gasteiger partial charge in [-0.3, -0.25) is 14.2 Å². The van der Waals surface area contributed by atoms with Gasteiger partial charge in [-0.05, 0) is 38.1 Å². The van der Waals surface area contributed by atoms with Crippen LogP contribution in [-0.4, -0.2) is 37.7 Å². The Hall–Kier alpha value is -1.56. The Morgan fingerprint density at radius 2 is 1.64 bits per heavy atom. The Labute approximate surface area is 128 Å². The minimum Gasteiger partial charge on any atom is -0.457 e. The van der Waals surface area contributed by atoms with Crippen molar-refractivity contribution < 1.29 is 32.3 Å². The van der Waals surface area contributed by atoms with Crippen LogP contribution in [0.3, 0.4) is 0 Å². The highest BCUT2D eigenvalue weighted by Crippen LogP contribution is 2.47. The summed E-state index contributed by atoms with van der Waals surface area (Å²) in [6.07, 6.45) is -0.564. The van der Waals surface area contributed by atoms with Crippen molar-refractivity contribution in [3.63, 3.8) is 0 Å². The molecule has 0 fully saturated rings. The molecule has 122 valence electrons. The third kappa shape index (κ3) is 6.05. The van der Waals surface area contributed by atoms with Gasteiger partial charge in [0.2, 0.25) is 0 Å². The first-order chi connectivity index (χ1) is 10.4. The molecule has 0 heterocycles. The lowest BCUT2D eigenvalue weighted by Crippen LogP contribution is -2.18. The van der Waals surface area contributed by atoms with Crippen LogP contribution in [0.25, 0.3) is 0 Å². The molecule has 0 aromatic heterocycles. The highest BCUT2D eigenvalue weighted by Gasteiger charge is 2.28. The summed E-state index contributed by atoms with van der Waals surface area (Å²) in [7, 11) is -3.55. The van der Waals surface area contributed by atoms with Gasteiger partial charge in [0.05, 0.1) is 13.2 Å². The number of benzene rings is 1. The Bertz CT molecular complexity index is 547. The number of ether oxygens (including phenoxy) is 1. The predicted molar refractivity (Wildman–Crippen MR) is 77.4 cm³/mol. The summed E-state index contributed by atoms with van der Waals surface area (Å²) in [5.74, 6) is -1.82. The molecule has 1 aromatic rings. The van der Waals surface area contributed by atoms with Gasteiger partial charge in [-0.25, -0.2) is 4.39 Å². The fourth-order valence-electron chi connectivity index (χ4n) is 1.59. The number of hydrogen-bond donors (Lipinski definition) is 0. The van der Waals surface area contributed by atoms with Crippen molar-refractivity contribution in [1.82, 2.24) is 0 Å². The van der Waals surface area contributed by atoms with Crippen molar-refractivity contribution in [2.45, 2.75) is 13.8 Å². The monoisotopic (exact) mass is 332 g/mol. The topological polar surface area (TPSA) is 78.9 Å². The molecule has 0 spiro atoms. The number of rotatable bonds is 9. The maximum atomic E-state index is 12.7. The van der Waals surface area contributed by atoms with Crippen molar-refractivity contribution in [3.05, 3.63) is 35.6 Å². The van der Waals surface area contributed by atoms with E-state index in [4.69, 9.17) is 13.8 Å². The van der Waals surface area contributed by atoms with Crippen LogP contribution in [0.5, 0.6) is 0 Å². The number of carbonyl (C=O) groups excluding carboxylic acids is 2. The van der Waals surface area contributed by atoms with Crippen LogP contribution < -0.4 is 0 Å². The molecule has 0 N–H and O–H groups in total. The van der Waals surface area contributed by atoms with Crippen LogP contribution in [0.1, 0.15) is 24.2 Å². The summed E-state index contributed by atoms with van der Waals surface area (Å²) >= 11 is 0. The largest absolute Gasteiger partial charge is 0.457 e. The van der Waals surface area contributed by atoms with Gasteiger partial charge in [0.15, 0.2) is 12.4 Å². The van der Waals surface area contributed by atoms with Gasteiger partial charge in [-0.15, -0.1) is 0 Å². The average molecular weight is 332 g/mol. The van der Waals surface area contributed by atoms with Gasteiger partial charge in [-0.1, -0.05) is 0 Å². The molecule has 0 saturated carbocycles. The first-order valence-electron chi connectivity index (χ1n) is 6.72. The zero-order chi connectivity index (χ0) is 16.6. The molecule has 0 aliphatic carbocycles. The first kappa shape index (κ1) is 18.5. The fourth-order valence-corrected chi connectivity index (χ4v) is 3.04. The van der Waals surface area contributed by atoms with Gasteiger partial charge < -0.3 is 13.8 Å². The van der Waals surface area contributed by atoms with Crippen LogP contribution in [0.15, 0.2) is 24.3 Å². The van der Waals surface area contributed by atoms with Gasteiger partial charge in [0, 0.05) is 5.56 Å². The smallest absolute Gasteiger partial charge is 0.341 e. The van der Waals surface area contributed by atoms with Gasteiger partial charge in [-0.2, -0.15) is 0 Å². The van der Waals surface area contributed by atoms with Crippen molar-refractivity contribution in [1.29, 1.82) is 0 Å². The third-order valence-corrected chi connectivity index (χ3v) is 4.45. The van der Waals surface area contributed by atoms with E-state index in [1.807, 2.05) is 0 Å². The van der Waals surface area contributed by atoms with Gasteiger partial charge in [0.25, 0.3) is 0 Å². The molecular formula is C14H18FO6P. The highest BCUT2D eigenvalue weighted by atomic mass is 31.2. The molecule has 0 unspecified atom stereocenters. The normalized spacial score (nSPS) is 11.2. The summed E-state index contributed by atoms with van der Waals surface area (Å²) in [5.41, 5.74) is 0.215. The Balaban J connectivity index is 2.53. The maximum absolute atomic E-state index is 12.7. The maximum Gasteiger partial charge on any atom is 0.341 e. The second kappa shape index (κ2) is 8.78. The first-order valence-corrected chi connectivity index (χ1v) is 8.45. The second-order valence-corrected chi connectivity index (χ2v) is 6.25. The SMILES string of the molecule is CCOP(=O)(CC(=O)OCC(=O)c1ccc(F)cc1)OCC.